The van der Waals surface area contributed by atoms with Crippen molar-refractivity contribution in [2.75, 3.05) is 7.05 Å². The maximum absolute atomic E-state index is 12.4. The number of aromatic amines is 1. The van der Waals surface area contributed by atoms with Crippen LogP contribution in [0.1, 0.15) is 27.6 Å². The number of furan rings is 1. The molecule has 0 saturated heterocycles. The van der Waals surface area contributed by atoms with Gasteiger partial charge in [-0.2, -0.15) is 9.40 Å². The molecule has 0 aromatic carbocycles. The standard InChI is InChI=1S/C12H15N3O5S/c1-7-4-5-9(20-7)6-15(3)21(18,19)11-10(12(16)17)8(2)13-14-11/h4-5H,6H2,1-3H3,(H,13,14)(H,16,17). The summed E-state index contributed by atoms with van der Waals surface area (Å²) in [5.74, 6) is -0.220. The van der Waals surface area contributed by atoms with Crippen LogP contribution in [-0.2, 0) is 16.6 Å². The van der Waals surface area contributed by atoms with E-state index in [0.29, 0.717) is 11.5 Å². The maximum atomic E-state index is 12.4. The van der Waals surface area contributed by atoms with E-state index in [-0.39, 0.29) is 17.8 Å². The van der Waals surface area contributed by atoms with Gasteiger partial charge in [0.15, 0.2) is 0 Å². The van der Waals surface area contributed by atoms with Crippen molar-refractivity contribution >= 4 is 16.0 Å². The van der Waals surface area contributed by atoms with Crippen LogP contribution in [-0.4, -0.2) is 41.0 Å². The van der Waals surface area contributed by atoms with Gasteiger partial charge < -0.3 is 9.52 Å². The molecule has 2 aromatic heterocycles. The molecule has 2 rings (SSSR count). The Morgan fingerprint density at radius 3 is 2.62 bits per heavy atom. The molecule has 0 aliphatic rings. The molecular formula is C12H15N3O5S. The summed E-state index contributed by atoms with van der Waals surface area (Å²) in [5.41, 5.74) is -0.166. The van der Waals surface area contributed by atoms with Crippen molar-refractivity contribution in [2.45, 2.75) is 25.4 Å². The fraction of sp³-hybridized carbons (Fsp3) is 0.333. The minimum absolute atomic E-state index is 0.0128. The average molecular weight is 313 g/mol. The van der Waals surface area contributed by atoms with E-state index in [9.17, 15) is 13.2 Å². The number of aromatic carboxylic acids is 1. The zero-order chi connectivity index (χ0) is 15.8. The molecule has 2 heterocycles. The smallest absolute Gasteiger partial charge is 0.340 e. The van der Waals surface area contributed by atoms with Gasteiger partial charge in [0, 0.05) is 12.7 Å². The van der Waals surface area contributed by atoms with E-state index in [1.165, 1.54) is 14.0 Å². The molecule has 0 spiro atoms. The van der Waals surface area contributed by atoms with Crippen molar-refractivity contribution < 1.29 is 22.7 Å². The fourth-order valence-corrected chi connectivity index (χ4v) is 3.12. The summed E-state index contributed by atoms with van der Waals surface area (Å²) in [6.45, 7) is 3.18. The van der Waals surface area contributed by atoms with Gasteiger partial charge in [0.05, 0.1) is 6.54 Å². The molecule has 0 fully saturated rings. The van der Waals surface area contributed by atoms with Crippen molar-refractivity contribution in [3.8, 4) is 0 Å². The van der Waals surface area contributed by atoms with Crippen molar-refractivity contribution in [1.29, 1.82) is 0 Å². The molecule has 0 atom stereocenters. The van der Waals surface area contributed by atoms with Crippen molar-refractivity contribution in [3.05, 3.63) is 34.9 Å². The van der Waals surface area contributed by atoms with Crippen LogP contribution in [0, 0.1) is 13.8 Å². The number of nitrogens with zero attached hydrogens (tertiary/aromatic N) is 2. The zero-order valence-corrected chi connectivity index (χ0v) is 12.6. The Labute approximate surface area is 121 Å². The number of hydrogen-bond acceptors (Lipinski definition) is 5. The van der Waals surface area contributed by atoms with Crippen LogP contribution in [0.2, 0.25) is 0 Å². The van der Waals surface area contributed by atoms with Crippen LogP contribution in [0.25, 0.3) is 0 Å². The van der Waals surface area contributed by atoms with E-state index in [0.717, 1.165) is 4.31 Å². The second-order valence-electron chi connectivity index (χ2n) is 4.61. The first-order chi connectivity index (χ1) is 9.73. The lowest BCUT2D eigenvalue weighted by molar-refractivity contribution is 0.0691. The lowest BCUT2D eigenvalue weighted by Gasteiger charge is -2.14. The van der Waals surface area contributed by atoms with Gasteiger partial charge in [-0.25, -0.2) is 13.2 Å². The van der Waals surface area contributed by atoms with Gasteiger partial charge in [-0.05, 0) is 26.0 Å². The second kappa shape index (κ2) is 5.34. The SMILES string of the molecule is Cc1ccc(CN(C)S(=O)(=O)c2n[nH]c(C)c2C(=O)O)o1. The van der Waals surface area contributed by atoms with Gasteiger partial charge in [0.25, 0.3) is 10.0 Å². The Kier molecular flexibility index (Phi) is 3.88. The zero-order valence-electron chi connectivity index (χ0n) is 11.7. The predicted molar refractivity (Wildman–Crippen MR) is 72.4 cm³/mol. The molecule has 0 amide bonds. The Hall–Kier alpha value is -2.13. The van der Waals surface area contributed by atoms with Crippen molar-refractivity contribution in [3.63, 3.8) is 0 Å². The normalized spacial score (nSPS) is 12.0. The molecule has 8 nitrogen and oxygen atoms in total. The van der Waals surface area contributed by atoms with Gasteiger partial charge in [-0.3, -0.25) is 5.10 Å². The highest BCUT2D eigenvalue weighted by Crippen LogP contribution is 2.21. The number of rotatable bonds is 5. The summed E-state index contributed by atoms with van der Waals surface area (Å²) >= 11 is 0. The van der Waals surface area contributed by atoms with Crippen LogP contribution < -0.4 is 0 Å². The predicted octanol–water partition coefficient (Wildman–Crippen LogP) is 1.14. The summed E-state index contributed by atoms with van der Waals surface area (Å²) in [6, 6.07) is 3.38. The first kappa shape index (κ1) is 15.3. The van der Waals surface area contributed by atoms with Gasteiger partial charge in [-0.15, -0.1) is 0 Å². The van der Waals surface area contributed by atoms with Gasteiger partial charge in [-0.1, -0.05) is 0 Å². The molecule has 114 valence electrons. The molecule has 2 aromatic rings. The Bertz CT molecular complexity index is 775. The van der Waals surface area contributed by atoms with Gasteiger partial charge in [0.2, 0.25) is 5.03 Å². The third-order valence-corrected chi connectivity index (χ3v) is 4.69. The molecule has 0 saturated carbocycles. The third kappa shape index (κ3) is 2.83. The van der Waals surface area contributed by atoms with E-state index in [1.54, 1.807) is 19.1 Å². The van der Waals surface area contributed by atoms with Gasteiger partial charge in [0.1, 0.15) is 17.1 Å². The number of nitrogens with one attached hydrogen (secondary N) is 1. The highest BCUT2D eigenvalue weighted by molar-refractivity contribution is 7.89. The summed E-state index contributed by atoms with van der Waals surface area (Å²) in [7, 11) is -2.70. The number of H-pyrrole nitrogens is 1. The van der Waals surface area contributed by atoms with Crippen LogP contribution >= 0.6 is 0 Å². The average Bonchev–Trinajstić information content (AvgIpc) is 2.95. The van der Waals surface area contributed by atoms with E-state index in [2.05, 4.69) is 10.2 Å². The first-order valence-electron chi connectivity index (χ1n) is 6.03. The maximum Gasteiger partial charge on any atom is 0.340 e. The number of carbonyl (C=O) groups is 1. The van der Waals surface area contributed by atoms with Crippen LogP contribution in [0.5, 0.6) is 0 Å². The highest BCUT2D eigenvalue weighted by atomic mass is 32.2. The van der Waals surface area contributed by atoms with E-state index in [4.69, 9.17) is 9.52 Å². The summed E-state index contributed by atoms with van der Waals surface area (Å²) in [5, 5.41) is 14.6. The molecule has 0 aliphatic heterocycles. The Morgan fingerprint density at radius 2 is 2.10 bits per heavy atom. The quantitative estimate of drug-likeness (QED) is 0.855. The third-order valence-electron chi connectivity index (χ3n) is 2.96. The van der Waals surface area contributed by atoms with Gasteiger partial charge >= 0.3 is 5.97 Å². The molecule has 2 N–H and O–H groups in total. The molecule has 0 radical (unpaired) electrons. The number of aryl methyl sites for hydroxylation is 2. The Morgan fingerprint density at radius 1 is 1.43 bits per heavy atom. The molecule has 9 heteroatoms. The minimum Gasteiger partial charge on any atom is -0.478 e. The number of aromatic nitrogens is 2. The molecule has 21 heavy (non-hydrogen) atoms. The van der Waals surface area contributed by atoms with E-state index in [1.807, 2.05) is 0 Å². The lowest BCUT2D eigenvalue weighted by atomic mass is 10.3. The first-order valence-corrected chi connectivity index (χ1v) is 7.47. The summed E-state index contributed by atoms with van der Waals surface area (Å²) in [6.07, 6.45) is 0. The topological polar surface area (TPSA) is 116 Å². The van der Waals surface area contributed by atoms with Crippen molar-refractivity contribution in [2.24, 2.45) is 0 Å². The summed E-state index contributed by atoms with van der Waals surface area (Å²) < 4.78 is 31.2. The van der Waals surface area contributed by atoms with Crippen LogP contribution in [0.3, 0.4) is 0 Å². The number of sulfonamides is 1. The number of hydrogen-bond donors (Lipinski definition) is 2. The Balaban J connectivity index is 2.35. The number of carboxylic acid groups (broad SMARTS) is 1. The lowest BCUT2D eigenvalue weighted by Crippen LogP contribution is -2.28. The van der Waals surface area contributed by atoms with Crippen LogP contribution in [0.4, 0.5) is 0 Å². The highest BCUT2D eigenvalue weighted by Gasteiger charge is 2.31. The fourth-order valence-electron chi connectivity index (χ4n) is 1.87. The molecule has 0 unspecified atom stereocenters. The molecular weight excluding hydrogens is 298 g/mol. The second-order valence-corrected chi connectivity index (χ2v) is 6.57. The van der Waals surface area contributed by atoms with Crippen molar-refractivity contribution in [1.82, 2.24) is 14.5 Å². The van der Waals surface area contributed by atoms with E-state index >= 15 is 0 Å². The number of carboxylic acids is 1. The largest absolute Gasteiger partial charge is 0.478 e. The molecule has 0 bridgehead atoms. The van der Waals surface area contributed by atoms with E-state index < -0.39 is 21.0 Å². The monoisotopic (exact) mass is 313 g/mol. The van der Waals surface area contributed by atoms with Crippen LogP contribution in [0.15, 0.2) is 21.6 Å². The minimum atomic E-state index is -4.03. The summed E-state index contributed by atoms with van der Waals surface area (Å²) in [4.78, 5) is 11.2. The molecule has 0 aliphatic carbocycles.